The van der Waals surface area contributed by atoms with Gasteiger partial charge in [0, 0.05) is 65.4 Å². The minimum atomic E-state index is -0.588. The summed E-state index contributed by atoms with van der Waals surface area (Å²) in [6.45, 7) is 8.47. The molecule has 42 heavy (non-hydrogen) atoms. The van der Waals surface area contributed by atoms with E-state index in [1.54, 1.807) is 0 Å². The Morgan fingerprint density at radius 2 is 0.905 bits per heavy atom. The Balaban J connectivity index is 0.960. The smallest absolute Gasteiger partial charge is 0.119 e. The minimum absolute atomic E-state index is 0.216. The van der Waals surface area contributed by atoms with Crippen molar-refractivity contribution in [2.24, 2.45) is 0 Å². The third-order valence-corrected chi connectivity index (χ3v) is 8.42. The number of β-amino-alcohol motifs (C(OH)–C–C–N with tert-alkyl or cyclic N) is 2. The predicted octanol–water partition coefficient (Wildman–Crippen LogP) is 4.12. The average molecular weight is 616 g/mol. The molecule has 0 unspecified atom stereocenters. The topological polar surface area (TPSA) is 71.9 Å². The van der Waals surface area contributed by atoms with Crippen LogP contribution in [0.15, 0.2) is 72.8 Å². The van der Waals surface area contributed by atoms with E-state index in [0.29, 0.717) is 24.6 Å². The summed E-state index contributed by atoms with van der Waals surface area (Å²) in [7, 11) is 0. The first kappa shape index (κ1) is 30.7. The lowest BCUT2D eigenvalue weighted by Gasteiger charge is -2.37. The minimum Gasteiger partial charge on any atom is -0.491 e. The van der Waals surface area contributed by atoms with E-state index < -0.39 is 12.2 Å². The number of anilines is 2. The molecule has 2 atom stereocenters. The zero-order valence-corrected chi connectivity index (χ0v) is 25.3. The molecular formula is C32H40Cl2N4O4. The molecular weight excluding hydrogens is 575 g/mol. The molecule has 0 spiro atoms. The van der Waals surface area contributed by atoms with Gasteiger partial charge in [-0.05, 0) is 48.5 Å². The molecule has 0 aliphatic carbocycles. The van der Waals surface area contributed by atoms with Crippen molar-refractivity contribution in [1.82, 2.24) is 9.80 Å². The second kappa shape index (κ2) is 15.1. The molecule has 2 aliphatic heterocycles. The third kappa shape index (κ3) is 8.66. The Morgan fingerprint density at radius 3 is 1.26 bits per heavy atom. The van der Waals surface area contributed by atoms with Crippen LogP contribution in [0, 0.1) is 0 Å². The fourth-order valence-corrected chi connectivity index (χ4v) is 5.99. The van der Waals surface area contributed by atoms with Gasteiger partial charge in [-0.15, -0.1) is 0 Å². The van der Waals surface area contributed by atoms with Gasteiger partial charge >= 0.3 is 0 Å². The molecule has 10 heteroatoms. The fraction of sp³-hybridized carbons (Fsp3) is 0.438. The van der Waals surface area contributed by atoms with Crippen molar-refractivity contribution in [2.45, 2.75) is 12.2 Å². The second-order valence-electron chi connectivity index (χ2n) is 10.9. The highest BCUT2D eigenvalue weighted by Gasteiger charge is 2.22. The van der Waals surface area contributed by atoms with Gasteiger partial charge < -0.3 is 29.5 Å². The van der Waals surface area contributed by atoms with Gasteiger partial charge in [0.15, 0.2) is 0 Å². The molecule has 0 radical (unpaired) electrons. The molecule has 5 rings (SSSR count). The molecule has 2 saturated heterocycles. The molecule has 0 aromatic heterocycles. The van der Waals surface area contributed by atoms with Crippen LogP contribution in [0.1, 0.15) is 0 Å². The van der Waals surface area contributed by atoms with Gasteiger partial charge in [0.05, 0.1) is 21.4 Å². The van der Waals surface area contributed by atoms with E-state index in [1.165, 1.54) is 0 Å². The highest BCUT2D eigenvalue weighted by atomic mass is 35.5. The summed E-state index contributed by atoms with van der Waals surface area (Å²) in [5, 5.41) is 22.6. The maximum Gasteiger partial charge on any atom is 0.119 e. The van der Waals surface area contributed by atoms with Crippen LogP contribution in [0.3, 0.4) is 0 Å². The van der Waals surface area contributed by atoms with Crippen molar-refractivity contribution in [3.8, 4) is 11.5 Å². The number of hydrogen-bond donors (Lipinski definition) is 2. The van der Waals surface area contributed by atoms with Gasteiger partial charge in [0.25, 0.3) is 0 Å². The Kier molecular flexibility index (Phi) is 11.1. The largest absolute Gasteiger partial charge is 0.491 e. The van der Waals surface area contributed by atoms with E-state index in [1.807, 2.05) is 72.8 Å². The maximum atomic E-state index is 10.5. The molecule has 226 valence electrons. The summed E-state index contributed by atoms with van der Waals surface area (Å²) in [5.74, 6) is 1.34. The van der Waals surface area contributed by atoms with E-state index in [9.17, 15) is 10.2 Å². The summed E-state index contributed by atoms with van der Waals surface area (Å²) < 4.78 is 11.6. The van der Waals surface area contributed by atoms with Crippen molar-refractivity contribution >= 4 is 34.6 Å². The normalized spacial score (nSPS) is 18.1. The van der Waals surface area contributed by atoms with E-state index >= 15 is 0 Å². The Labute approximate surface area is 258 Å². The van der Waals surface area contributed by atoms with Gasteiger partial charge in [0.2, 0.25) is 0 Å². The lowest BCUT2D eigenvalue weighted by Crippen LogP contribution is -2.49. The van der Waals surface area contributed by atoms with Gasteiger partial charge in [-0.2, -0.15) is 0 Å². The van der Waals surface area contributed by atoms with Crippen LogP contribution >= 0.6 is 23.2 Å². The predicted molar refractivity (Wildman–Crippen MR) is 170 cm³/mol. The number of nitrogens with zero attached hydrogens (tertiary/aromatic N) is 4. The van der Waals surface area contributed by atoms with Crippen molar-refractivity contribution in [3.05, 3.63) is 82.8 Å². The Morgan fingerprint density at radius 1 is 0.548 bits per heavy atom. The monoisotopic (exact) mass is 614 g/mol. The zero-order valence-electron chi connectivity index (χ0n) is 23.8. The molecule has 0 bridgehead atoms. The van der Waals surface area contributed by atoms with Crippen LogP contribution in [0.5, 0.6) is 11.5 Å². The number of rotatable bonds is 12. The van der Waals surface area contributed by atoms with E-state index in [2.05, 4.69) is 19.6 Å². The number of halogens is 2. The first-order valence-corrected chi connectivity index (χ1v) is 15.4. The summed E-state index contributed by atoms with van der Waals surface area (Å²) in [4.78, 5) is 9.08. The second-order valence-corrected chi connectivity index (χ2v) is 11.7. The van der Waals surface area contributed by atoms with Crippen molar-refractivity contribution in [1.29, 1.82) is 0 Å². The van der Waals surface area contributed by atoms with E-state index in [0.717, 1.165) is 73.8 Å². The Hall–Kier alpha value is -2.72. The highest BCUT2D eigenvalue weighted by molar-refractivity contribution is 6.33. The summed E-state index contributed by atoms with van der Waals surface area (Å²) in [5.41, 5.74) is 2.13. The Bertz CT molecular complexity index is 1150. The van der Waals surface area contributed by atoms with Crippen LogP contribution in [-0.2, 0) is 0 Å². The standard InChI is InChI=1S/C32H40Cl2N4O4/c33-29-5-1-3-7-31(29)37-17-13-35(14-18-37)21-25(39)23-41-27-9-11-28(12-10-27)42-24-26(40)22-36-15-19-38(20-16-36)32-8-4-2-6-30(32)34/h1-12,25-26,39-40H,13-24H2/t25-,26-/m0/s1. The number of piperazine rings is 2. The number of benzene rings is 3. The number of aliphatic hydroxyl groups excluding tert-OH is 2. The molecule has 0 saturated carbocycles. The number of hydrogen-bond acceptors (Lipinski definition) is 8. The van der Waals surface area contributed by atoms with Crippen molar-refractivity contribution in [3.63, 3.8) is 0 Å². The van der Waals surface area contributed by atoms with E-state index in [4.69, 9.17) is 32.7 Å². The lowest BCUT2D eigenvalue weighted by atomic mass is 10.2. The van der Waals surface area contributed by atoms with Crippen LogP contribution < -0.4 is 19.3 Å². The van der Waals surface area contributed by atoms with Gasteiger partial charge in [0.1, 0.15) is 36.9 Å². The van der Waals surface area contributed by atoms with Crippen LogP contribution in [0.2, 0.25) is 10.0 Å². The van der Waals surface area contributed by atoms with Gasteiger partial charge in [-0.3, -0.25) is 9.80 Å². The molecule has 2 heterocycles. The van der Waals surface area contributed by atoms with Crippen LogP contribution in [0.4, 0.5) is 11.4 Å². The highest BCUT2D eigenvalue weighted by Crippen LogP contribution is 2.27. The quantitative estimate of drug-likeness (QED) is 0.316. The number of para-hydroxylation sites is 2. The number of ether oxygens (including phenoxy) is 2. The van der Waals surface area contributed by atoms with Gasteiger partial charge in [-0.1, -0.05) is 47.5 Å². The SMILES string of the molecule is O[C@H](COc1ccc(OC[C@@H](O)CN2CCN(c3ccccc3Cl)CC2)cc1)CN1CCN(c2ccccc2Cl)CC1. The molecule has 3 aromatic rings. The molecule has 8 nitrogen and oxygen atoms in total. The molecule has 2 aliphatic rings. The van der Waals surface area contributed by atoms with Crippen molar-refractivity contribution in [2.75, 3.05) is 88.5 Å². The molecule has 2 fully saturated rings. The molecule has 0 amide bonds. The molecule has 2 N–H and O–H groups in total. The maximum absolute atomic E-state index is 10.5. The number of aliphatic hydroxyl groups is 2. The van der Waals surface area contributed by atoms with Crippen LogP contribution in [-0.4, -0.2) is 111 Å². The molecule has 3 aromatic carbocycles. The third-order valence-electron chi connectivity index (χ3n) is 7.78. The zero-order chi connectivity index (χ0) is 29.3. The summed E-state index contributed by atoms with van der Waals surface area (Å²) in [6, 6.07) is 23.1. The summed E-state index contributed by atoms with van der Waals surface area (Å²) >= 11 is 12.7. The average Bonchev–Trinajstić information content (AvgIpc) is 3.01. The van der Waals surface area contributed by atoms with E-state index in [-0.39, 0.29) is 13.2 Å². The first-order valence-electron chi connectivity index (χ1n) is 14.6. The van der Waals surface area contributed by atoms with Crippen LogP contribution in [0.25, 0.3) is 0 Å². The fourth-order valence-electron chi connectivity index (χ4n) is 5.48. The van der Waals surface area contributed by atoms with Crippen molar-refractivity contribution < 1.29 is 19.7 Å². The lowest BCUT2D eigenvalue weighted by molar-refractivity contribution is 0.0650. The summed E-state index contributed by atoms with van der Waals surface area (Å²) in [6.07, 6.45) is -1.18. The first-order chi connectivity index (χ1) is 20.4. The van der Waals surface area contributed by atoms with Gasteiger partial charge in [-0.25, -0.2) is 0 Å².